The summed E-state index contributed by atoms with van der Waals surface area (Å²) >= 11 is 3.36. The van der Waals surface area contributed by atoms with Crippen molar-refractivity contribution < 1.29 is 13.2 Å². The van der Waals surface area contributed by atoms with Crippen molar-refractivity contribution in [2.24, 2.45) is 0 Å². The van der Waals surface area contributed by atoms with Gasteiger partial charge in [0.15, 0.2) is 0 Å². The summed E-state index contributed by atoms with van der Waals surface area (Å²) in [6.07, 6.45) is 0.638. The minimum atomic E-state index is -3.51. The SMILES string of the molecule is CNCc1ccc(Br)c(S(=O)(=O)N2CCCOC(C)C2)c1. The number of hydrogen-bond donors (Lipinski definition) is 1. The molecule has 1 aromatic rings. The van der Waals surface area contributed by atoms with Crippen molar-refractivity contribution in [1.82, 2.24) is 9.62 Å². The number of ether oxygens (including phenoxy) is 1. The normalized spacial score (nSPS) is 21.2. The molecule has 1 saturated heterocycles. The van der Waals surface area contributed by atoms with Gasteiger partial charge in [0.05, 0.1) is 11.0 Å². The van der Waals surface area contributed by atoms with Crippen LogP contribution in [0.15, 0.2) is 27.6 Å². The molecule has 5 nitrogen and oxygen atoms in total. The number of rotatable bonds is 4. The summed E-state index contributed by atoms with van der Waals surface area (Å²) in [6.45, 7) is 4.03. The van der Waals surface area contributed by atoms with Gasteiger partial charge in [0, 0.05) is 30.7 Å². The van der Waals surface area contributed by atoms with Crippen LogP contribution in [0.3, 0.4) is 0 Å². The van der Waals surface area contributed by atoms with E-state index in [-0.39, 0.29) is 6.10 Å². The van der Waals surface area contributed by atoms with Crippen LogP contribution in [-0.4, -0.2) is 45.6 Å². The Morgan fingerprint density at radius 1 is 1.48 bits per heavy atom. The van der Waals surface area contributed by atoms with Crippen LogP contribution in [-0.2, 0) is 21.3 Å². The van der Waals surface area contributed by atoms with E-state index >= 15 is 0 Å². The van der Waals surface area contributed by atoms with Gasteiger partial charge in [0.25, 0.3) is 0 Å². The van der Waals surface area contributed by atoms with E-state index in [9.17, 15) is 8.42 Å². The molecule has 0 radical (unpaired) electrons. The molecule has 1 fully saturated rings. The van der Waals surface area contributed by atoms with Crippen LogP contribution in [0.1, 0.15) is 18.9 Å². The van der Waals surface area contributed by atoms with E-state index in [2.05, 4.69) is 21.2 Å². The highest BCUT2D eigenvalue weighted by Gasteiger charge is 2.29. The van der Waals surface area contributed by atoms with Crippen LogP contribution in [0.5, 0.6) is 0 Å². The van der Waals surface area contributed by atoms with Crippen molar-refractivity contribution in [2.45, 2.75) is 30.9 Å². The van der Waals surface area contributed by atoms with E-state index in [4.69, 9.17) is 4.74 Å². The minimum absolute atomic E-state index is 0.0819. The highest BCUT2D eigenvalue weighted by molar-refractivity contribution is 9.10. The molecule has 1 atom stereocenters. The topological polar surface area (TPSA) is 58.6 Å². The molecule has 2 rings (SSSR count). The zero-order valence-electron chi connectivity index (χ0n) is 12.3. The summed E-state index contributed by atoms with van der Waals surface area (Å²) in [5.41, 5.74) is 0.943. The number of benzene rings is 1. The summed E-state index contributed by atoms with van der Waals surface area (Å²) in [5, 5.41) is 3.03. The molecule has 1 aliphatic rings. The van der Waals surface area contributed by atoms with E-state index in [0.717, 1.165) is 12.0 Å². The van der Waals surface area contributed by atoms with Gasteiger partial charge in [-0.25, -0.2) is 8.42 Å². The zero-order chi connectivity index (χ0) is 15.5. The molecule has 0 aliphatic carbocycles. The molecular formula is C14H21BrN2O3S. The molecule has 7 heteroatoms. The van der Waals surface area contributed by atoms with Gasteiger partial charge in [-0.3, -0.25) is 0 Å². The van der Waals surface area contributed by atoms with Gasteiger partial charge in [0.2, 0.25) is 10.0 Å². The molecule has 0 amide bonds. The molecule has 1 heterocycles. The minimum Gasteiger partial charge on any atom is -0.377 e. The third-order valence-corrected chi connectivity index (χ3v) is 6.27. The van der Waals surface area contributed by atoms with Crippen LogP contribution >= 0.6 is 15.9 Å². The van der Waals surface area contributed by atoms with Crippen LogP contribution in [0.4, 0.5) is 0 Å². The fraction of sp³-hybridized carbons (Fsp3) is 0.571. The zero-order valence-corrected chi connectivity index (χ0v) is 14.7. The summed E-state index contributed by atoms with van der Waals surface area (Å²) in [6, 6.07) is 5.43. The average molecular weight is 377 g/mol. The number of sulfonamides is 1. The Hall–Kier alpha value is -0.470. The third-order valence-electron chi connectivity index (χ3n) is 3.41. The van der Waals surface area contributed by atoms with Gasteiger partial charge in [-0.2, -0.15) is 4.31 Å². The fourth-order valence-corrected chi connectivity index (χ4v) is 4.90. The van der Waals surface area contributed by atoms with E-state index in [1.165, 1.54) is 4.31 Å². The molecular weight excluding hydrogens is 356 g/mol. The first-order valence-electron chi connectivity index (χ1n) is 7.00. The number of halogens is 1. The second-order valence-electron chi connectivity index (χ2n) is 5.19. The predicted molar refractivity (Wildman–Crippen MR) is 85.7 cm³/mol. The largest absolute Gasteiger partial charge is 0.377 e. The van der Waals surface area contributed by atoms with Gasteiger partial charge in [-0.15, -0.1) is 0 Å². The average Bonchev–Trinajstić information content (AvgIpc) is 2.66. The van der Waals surface area contributed by atoms with E-state index in [1.807, 2.05) is 20.0 Å². The maximum atomic E-state index is 12.9. The smallest absolute Gasteiger partial charge is 0.244 e. The Morgan fingerprint density at radius 2 is 2.24 bits per heavy atom. The van der Waals surface area contributed by atoms with Crippen LogP contribution in [0, 0.1) is 0 Å². The Labute approximate surface area is 134 Å². The first kappa shape index (κ1) is 16.9. The molecule has 1 unspecified atom stereocenters. The summed E-state index contributed by atoms with van der Waals surface area (Å²) in [7, 11) is -1.67. The number of hydrogen-bond acceptors (Lipinski definition) is 4. The van der Waals surface area contributed by atoms with Crippen molar-refractivity contribution in [2.75, 3.05) is 26.7 Å². The standard InChI is InChI=1S/C14H21BrN2O3S/c1-11-10-17(6-3-7-20-11)21(18,19)14-8-12(9-16-2)4-5-13(14)15/h4-5,8,11,16H,3,6-7,9-10H2,1-2H3. The Bertz CT molecular complexity index is 592. The Morgan fingerprint density at radius 3 is 2.95 bits per heavy atom. The molecule has 21 heavy (non-hydrogen) atoms. The second-order valence-corrected chi connectivity index (χ2v) is 7.95. The van der Waals surface area contributed by atoms with Crippen LogP contribution in [0.2, 0.25) is 0 Å². The first-order valence-corrected chi connectivity index (χ1v) is 9.23. The molecule has 0 aromatic heterocycles. The van der Waals surface area contributed by atoms with Crippen LogP contribution in [0.25, 0.3) is 0 Å². The van der Waals surface area contributed by atoms with E-state index in [0.29, 0.717) is 35.6 Å². The quantitative estimate of drug-likeness (QED) is 0.872. The van der Waals surface area contributed by atoms with E-state index in [1.54, 1.807) is 12.1 Å². The van der Waals surface area contributed by atoms with Crippen molar-refractivity contribution in [3.05, 3.63) is 28.2 Å². The van der Waals surface area contributed by atoms with Gasteiger partial charge in [-0.1, -0.05) is 6.07 Å². The maximum Gasteiger partial charge on any atom is 0.244 e. The summed E-state index contributed by atoms with van der Waals surface area (Å²) < 4.78 is 33.4. The van der Waals surface area contributed by atoms with Crippen molar-refractivity contribution in [3.8, 4) is 0 Å². The predicted octanol–water partition coefficient (Wildman–Crippen LogP) is 1.97. The molecule has 0 bridgehead atoms. The van der Waals surface area contributed by atoms with E-state index < -0.39 is 10.0 Å². The Kier molecular flexibility index (Phi) is 5.79. The first-order chi connectivity index (χ1) is 9.95. The lowest BCUT2D eigenvalue weighted by Crippen LogP contribution is -2.36. The molecule has 0 spiro atoms. The molecule has 0 saturated carbocycles. The summed E-state index contributed by atoms with van der Waals surface area (Å²) in [4.78, 5) is 0.323. The number of nitrogens with one attached hydrogen (secondary N) is 1. The summed E-state index contributed by atoms with van der Waals surface area (Å²) in [5.74, 6) is 0. The molecule has 1 aromatic carbocycles. The maximum absolute atomic E-state index is 12.9. The molecule has 1 aliphatic heterocycles. The lowest BCUT2D eigenvalue weighted by Gasteiger charge is -2.22. The highest BCUT2D eigenvalue weighted by atomic mass is 79.9. The third kappa shape index (κ3) is 4.04. The van der Waals surface area contributed by atoms with Crippen LogP contribution < -0.4 is 5.32 Å². The van der Waals surface area contributed by atoms with Crippen molar-refractivity contribution in [1.29, 1.82) is 0 Å². The van der Waals surface area contributed by atoms with Gasteiger partial charge < -0.3 is 10.1 Å². The molecule has 118 valence electrons. The van der Waals surface area contributed by atoms with Crippen molar-refractivity contribution in [3.63, 3.8) is 0 Å². The lowest BCUT2D eigenvalue weighted by molar-refractivity contribution is 0.0752. The lowest BCUT2D eigenvalue weighted by atomic mass is 10.2. The second kappa shape index (κ2) is 7.19. The Balaban J connectivity index is 2.35. The number of nitrogens with zero attached hydrogens (tertiary/aromatic N) is 1. The molecule has 1 N–H and O–H groups in total. The highest BCUT2D eigenvalue weighted by Crippen LogP contribution is 2.27. The van der Waals surface area contributed by atoms with Crippen molar-refractivity contribution >= 4 is 26.0 Å². The monoisotopic (exact) mass is 376 g/mol. The van der Waals surface area contributed by atoms with Gasteiger partial charge >= 0.3 is 0 Å². The van der Waals surface area contributed by atoms with Gasteiger partial charge in [0.1, 0.15) is 0 Å². The fourth-order valence-electron chi connectivity index (χ4n) is 2.37. The van der Waals surface area contributed by atoms with Gasteiger partial charge in [-0.05, 0) is 54.0 Å².